The van der Waals surface area contributed by atoms with Crippen LogP contribution < -0.4 is 5.32 Å². The third-order valence-electron chi connectivity index (χ3n) is 6.79. The van der Waals surface area contributed by atoms with Gasteiger partial charge < -0.3 is 15.0 Å². The van der Waals surface area contributed by atoms with Crippen molar-refractivity contribution in [1.29, 1.82) is 0 Å². The van der Waals surface area contributed by atoms with Gasteiger partial charge in [-0.1, -0.05) is 43.0 Å². The number of ether oxygens (including phenoxy) is 1. The Hall–Kier alpha value is -2.66. The molecule has 0 saturated carbocycles. The molecule has 0 spiro atoms. The minimum atomic E-state index is -5.26. The highest BCUT2D eigenvalue weighted by Gasteiger charge is 2.47. The van der Waals surface area contributed by atoms with Crippen molar-refractivity contribution in [2.45, 2.75) is 60.8 Å². The van der Waals surface area contributed by atoms with Gasteiger partial charge in [0.1, 0.15) is 0 Å². The maximum atomic E-state index is 14.3. The Morgan fingerprint density at radius 2 is 1.77 bits per heavy atom. The maximum Gasteiger partial charge on any atom is 0.418 e. The second kappa shape index (κ2) is 12.2. The SMILES string of the molecule is CC(Cc1ccc(Sc2cccc(NC3CCOCC3)c2)c(C(F)(F)F)c1C(F)(F)F)C(=O)N1CC=CCC1. The Morgan fingerprint density at radius 1 is 1.05 bits per heavy atom. The number of carbonyl (C=O) groups is 1. The molecule has 1 amide bonds. The van der Waals surface area contributed by atoms with E-state index in [1.165, 1.54) is 11.8 Å². The van der Waals surface area contributed by atoms with Crippen LogP contribution in [0, 0.1) is 5.92 Å². The summed E-state index contributed by atoms with van der Waals surface area (Å²) in [7, 11) is 0. The van der Waals surface area contributed by atoms with Crippen LogP contribution in [0.5, 0.6) is 0 Å². The van der Waals surface area contributed by atoms with Crippen LogP contribution in [0.15, 0.2) is 58.3 Å². The molecule has 1 unspecified atom stereocenters. The van der Waals surface area contributed by atoms with Gasteiger partial charge in [0.05, 0.1) is 11.1 Å². The van der Waals surface area contributed by atoms with Crippen LogP contribution in [0.25, 0.3) is 0 Å². The number of carbonyl (C=O) groups excluding carboxylic acids is 1. The van der Waals surface area contributed by atoms with E-state index in [1.54, 1.807) is 30.3 Å². The number of nitrogens with one attached hydrogen (secondary N) is 1. The van der Waals surface area contributed by atoms with E-state index in [1.807, 2.05) is 6.08 Å². The lowest BCUT2D eigenvalue weighted by Gasteiger charge is -2.28. The van der Waals surface area contributed by atoms with Crippen molar-refractivity contribution in [3.05, 3.63) is 65.2 Å². The normalized spacial score (nSPS) is 17.8. The van der Waals surface area contributed by atoms with Crippen LogP contribution in [-0.2, 0) is 28.3 Å². The van der Waals surface area contributed by atoms with E-state index in [-0.39, 0.29) is 11.9 Å². The molecule has 4 nitrogen and oxygen atoms in total. The maximum absolute atomic E-state index is 14.3. The van der Waals surface area contributed by atoms with Gasteiger partial charge >= 0.3 is 12.4 Å². The second-order valence-corrected chi connectivity index (χ2v) is 10.9. The monoisotopic (exact) mass is 572 g/mol. The Morgan fingerprint density at radius 3 is 2.41 bits per heavy atom. The summed E-state index contributed by atoms with van der Waals surface area (Å²) in [6.07, 6.45) is -5.10. The molecule has 1 saturated heterocycles. The molecule has 1 atom stereocenters. The van der Waals surface area contributed by atoms with Gasteiger partial charge in [0.15, 0.2) is 0 Å². The van der Waals surface area contributed by atoms with Crippen molar-refractivity contribution in [2.75, 3.05) is 31.6 Å². The van der Waals surface area contributed by atoms with E-state index in [9.17, 15) is 31.1 Å². The van der Waals surface area contributed by atoms with E-state index < -0.39 is 46.3 Å². The average Bonchev–Trinajstić information content (AvgIpc) is 2.89. The van der Waals surface area contributed by atoms with Crippen LogP contribution in [0.3, 0.4) is 0 Å². The molecule has 0 radical (unpaired) electrons. The molecular formula is C28H30F6N2O2S. The molecule has 2 aliphatic rings. The van der Waals surface area contributed by atoms with E-state index in [4.69, 9.17) is 4.74 Å². The summed E-state index contributed by atoms with van der Waals surface area (Å²) in [5.74, 6) is -1.29. The largest absolute Gasteiger partial charge is 0.418 e. The predicted octanol–water partition coefficient (Wildman–Crippen LogP) is 7.43. The fourth-order valence-corrected chi connectivity index (χ4v) is 5.95. The van der Waals surface area contributed by atoms with Gasteiger partial charge in [-0.15, -0.1) is 0 Å². The summed E-state index contributed by atoms with van der Waals surface area (Å²) in [5, 5.41) is 3.32. The molecule has 11 heteroatoms. The van der Waals surface area contributed by atoms with Gasteiger partial charge in [-0.05, 0) is 55.5 Å². The summed E-state index contributed by atoms with van der Waals surface area (Å²) in [6.45, 7) is 3.42. The van der Waals surface area contributed by atoms with Crippen molar-refractivity contribution in [3.63, 3.8) is 0 Å². The number of alkyl halides is 6. The fraction of sp³-hybridized carbons (Fsp3) is 0.464. The number of anilines is 1. The molecule has 2 aromatic carbocycles. The highest BCUT2D eigenvalue weighted by molar-refractivity contribution is 7.99. The Balaban J connectivity index is 1.64. The Bertz CT molecular complexity index is 1190. The van der Waals surface area contributed by atoms with E-state index in [0.29, 0.717) is 55.1 Å². The van der Waals surface area contributed by atoms with Gasteiger partial charge in [0.25, 0.3) is 0 Å². The quantitative estimate of drug-likeness (QED) is 0.277. The lowest BCUT2D eigenvalue weighted by atomic mass is 9.92. The zero-order chi connectivity index (χ0) is 28.2. The average molecular weight is 573 g/mol. The summed E-state index contributed by atoms with van der Waals surface area (Å²) in [5.41, 5.74) is -3.31. The standard InChI is InChI=1S/C28H30F6N2O2S/c1-18(26(37)36-12-3-2-4-13-36)16-19-8-9-23(25(28(32,33)34)24(19)27(29,30)31)39-22-7-5-6-21(17-22)35-20-10-14-38-15-11-20/h2-3,5-9,17-18,20,35H,4,10-16H2,1H3. The van der Waals surface area contributed by atoms with Gasteiger partial charge in [-0.25, -0.2) is 0 Å². The number of amides is 1. The van der Waals surface area contributed by atoms with Crippen LogP contribution in [0.1, 0.15) is 42.9 Å². The molecule has 0 bridgehead atoms. The third kappa shape index (κ3) is 7.51. The smallest absolute Gasteiger partial charge is 0.382 e. The molecule has 212 valence electrons. The zero-order valence-corrected chi connectivity index (χ0v) is 22.2. The lowest BCUT2D eigenvalue weighted by molar-refractivity contribution is -0.164. The first-order chi connectivity index (χ1) is 18.4. The van der Waals surface area contributed by atoms with Gasteiger partial charge in [0, 0.05) is 53.7 Å². The molecule has 2 heterocycles. The second-order valence-electron chi connectivity index (χ2n) is 9.78. The van der Waals surface area contributed by atoms with Gasteiger partial charge in [0.2, 0.25) is 5.91 Å². The van der Waals surface area contributed by atoms with Crippen molar-refractivity contribution in [1.82, 2.24) is 4.90 Å². The van der Waals surface area contributed by atoms with Crippen molar-refractivity contribution >= 4 is 23.4 Å². The van der Waals surface area contributed by atoms with E-state index >= 15 is 0 Å². The molecule has 1 fully saturated rings. The third-order valence-corrected chi connectivity index (χ3v) is 7.84. The Labute approximate surface area is 227 Å². The fourth-order valence-electron chi connectivity index (χ4n) is 4.91. The first-order valence-electron chi connectivity index (χ1n) is 12.8. The number of nitrogens with zero attached hydrogens (tertiary/aromatic N) is 1. The first-order valence-corrected chi connectivity index (χ1v) is 13.6. The van der Waals surface area contributed by atoms with Gasteiger partial charge in [-0.3, -0.25) is 4.79 Å². The summed E-state index contributed by atoms with van der Waals surface area (Å²) in [4.78, 5) is 14.1. The van der Waals surface area contributed by atoms with Crippen molar-refractivity contribution in [2.24, 2.45) is 5.92 Å². The summed E-state index contributed by atoms with van der Waals surface area (Å²) >= 11 is 0.637. The number of hydrogen-bond donors (Lipinski definition) is 1. The van der Waals surface area contributed by atoms with Crippen LogP contribution in [0.2, 0.25) is 0 Å². The van der Waals surface area contributed by atoms with Gasteiger partial charge in [-0.2, -0.15) is 26.3 Å². The van der Waals surface area contributed by atoms with Crippen LogP contribution in [0.4, 0.5) is 32.0 Å². The highest BCUT2D eigenvalue weighted by atomic mass is 32.2. The van der Waals surface area contributed by atoms with Crippen LogP contribution in [-0.4, -0.2) is 43.2 Å². The molecule has 4 rings (SSSR count). The minimum Gasteiger partial charge on any atom is -0.382 e. The zero-order valence-electron chi connectivity index (χ0n) is 21.4. The first kappa shape index (κ1) is 29.3. The minimum absolute atomic E-state index is 0.145. The van der Waals surface area contributed by atoms with E-state index in [0.717, 1.165) is 25.0 Å². The molecule has 2 aromatic rings. The van der Waals surface area contributed by atoms with Crippen molar-refractivity contribution < 1.29 is 35.9 Å². The molecule has 1 N–H and O–H groups in total. The number of benzene rings is 2. The Kier molecular flexibility index (Phi) is 9.21. The topological polar surface area (TPSA) is 41.6 Å². The molecule has 0 aliphatic carbocycles. The molecule has 39 heavy (non-hydrogen) atoms. The summed E-state index contributed by atoms with van der Waals surface area (Å²) < 4.78 is 90.9. The van der Waals surface area contributed by atoms with Crippen molar-refractivity contribution in [3.8, 4) is 0 Å². The molecule has 0 aromatic heterocycles. The molecular weight excluding hydrogens is 542 g/mol. The number of hydrogen-bond acceptors (Lipinski definition) is 4. The molecule has 2 aliphatic heterocycles. The number of rotatable bonds is 7. The number of halogens is 6. The lowest BCUT2D eigenvalue weighted by Crippen LogP contribution is -2.38. The van der Waals surface area contributed by atoms with Crippen LogP contribution >= 0.6 is 11.8 Å². The highest BCUT2D eigenvalue weighted by Crippen LogP contribution is 2.48. The predicted molar refractivity (Wildman–Crippen MR) is 138 cm³/mol. The van der Waals surface area contributed by atoms with E-state index in [2.05, 4.69) is 5.32 Å². The summed E-state index contributed by atoms with van der Waals surface area (Å²) in [6, 6.07) is 8.92.